The Bertz CT molecular complexity index is 3440. The minimum atomic E-state index is -1.28. The standard InChI is InChI=1S/C66H70N8O10/c1-79-57-39-47(63(75)71-31-7-8-32-71)11-13-49(57)43-73-55-23-25-67-41-53(55)61(59(73)45-15-19-51(20-16-45)81-37-35-69-27-3-4-28-69)83-65(77)66(78)84-62-54-42-68-26-24-56(54)74(44-50-14-12-48(40-58(50)80-2)64(76)72-33-9-10-34-72)60(62)46-17-21-52(22-18-46)82-38-36-70-29-5-6-30-70/h11-26,39-42H,3-10,27-38,43-44H2,1-2H3. The topological polar surface area (TPSA) is 172 Å². The van der Waals surface area contributed by atoms with Gasteiger partial charge in [0, 0.05) is 97.4 Å². The van der Waals surface area contributed by atoms with Crippen LogP contribution in [0.3, 0.4) is 0 Å². The highest BCUT2D eigenvalue weighted by Gasteiger charge is 2.32. The van der Waals surface area contributed by atoms with Gasteiger partial charge < -0.3 is 47.4 Å². The highest BCUT2D eigenvalue weighted by atomic mass is 16.6. The van der Waals surface area contributed by atoms with E-state index in [-0.39, 0.29) is 36.4 Å². The SMILES string of the molecule is COc1cc(C(=O)N2CCCC2)ccc1Cn1c(-c2ccc(OCCN3CCCC3)cc2)c(OC(=O)C(=O)Oc2c(-c3ccc(OCCN4CCCC4)cc3)n(Cc3ccc(C(=O)N4CCCC4)cc3OC)c3ccncc23)c2cnccc21. The number of likely N-dealkylation sites (tertiary alicyclic amines) is 4. The molecule has 4 fully saturated rings. The first kappa shape index (κ1) is 55.8. The minimum absolute atomic E-state index is 0.0460. The van der Waals surface area contributed by atoms with Gasteiger partial charge in [-0.05, 0) is 162 Å². The Labute approximate surface area is 488 Å². The molecule has 0 spiro atoms. The van der Waals surface area contributed by atoms with Crippen LogP contribution in [0.5, 0.6) is 34.5 Å². The summed E-state index contributed by atoms with van der Waals surface area (Å²) < 4.78 is 41.1. The van der Waals surface area contributed by atoms with Gasteiger partial charge in [0.25, 0.3) is 11.8 Å². The molecule has 18 nitrogen and oxygen atoms in total. The Morgan fingerprint density at radius 3 is 1.23 bits per heavy atom. The van der Waals surface area contributed by atoms with E-state index in [1.165, 1.54) is 25.7 Å². The maximum atomic E-state index is 14.8. The highest BCUT2D eigenvalue weighted by molar-refractivity contribution is 6.32. The summed E-state index contributed by atoms with van der Waals surface area (Å²) in [5.74, 6) is -0.0897. The van der Waals surface area contributed by atoms with Crippen molar-refractivity contribution in [2.24, 2.45) is 0 Å². The number of rotatable bonds is 20. The van der Waals surface area contributed by atoms with Gasteiger partial charge in [-0.2, -0.15) is 0 Å². The van der Waals surface area contributed by atoms with Crippen LogP contribution in [0, 0.1) is 0 Å². The molecule has 8 heterocycles. The van der Waals surface area contributed by atoms with Crippen molar-refractivity contribution in [1.82, 2.24) is 38.7 Å². The van der Waals surface area contributed by atoms with Crippen LogP contribution < -0.4 is 28.4 Å². The molecule has 0 aliphatic carbocycles. The molecule has 0 saturated carbocycles. The number of carbonyl (C=O) groups is 4. The molecule has 0 radical (unpaired) electrons. The van der Waals surface area contributed by atoms with Crippen LogP contribution in [0.2, 0.25) is 0 Å². The minimum Gasteiger partial charge on any atom is -0.496 e. The Hall–Kier alpha value is -8.74. The van der Waals surface area contributed by atoms with E-state index in [2.05, 4.69) is 19.8 Å². The predicted molar refractivity (Wildman–Crippen MR) is 318 cm³/mol. The first-order valence-corrected chi connectivity index (χ1v) is 29.4. The molecule has 18 heteroatoms. The zero-order chi connectivity index (χ0) is 57.5. The fraction of sp³-hybridized carbons (Fsp3) is 0.364. The van der Waals surface area contributed by atoms with Crippen molar-refractivity contribution in [3.63, 3.8) is 0 Å². The second-order valence-electron chi connectivity index (χ2n) is 22.0. The molecular weight excluding hydrogens is 1060 g/mol. The Morgan fingerprint density at radius 2 is 0.845 bits per heavy atom. The van der Waals surface area contributed by atoms with Crippen molar-refractivity contribution in [3.8, 4) is 57.0 Å². The van der Waals surface area contributed by atoms with Crippen LogP contribution in [0.4, 0.5) is 0 Å². The van der Waals surface area contributed by atoms with Crippen molar-refractivity contribution in [1.29, 1.82) is 0 Å². The zero-order valence-electron chi connectivity index (χ0n) is 47.8. The van der Waals surface area contributed by atoms with Gasteiger partial charge in [0.1, 0.15) is 36.2 Å². The van der Waals surface area contributed by atoms with Gasteiger partial charge in [-0.1, -0.05) is 12.1 Å². The number of fused-ring (bicyclic) bond motifs is 2. The molecular formula is C66H70N8O10. The molecule has 4 aliphatic heterocycles. The van der Waals surface area contributed by atoms with Gasteiger partial charge in [0.2, 0.25) is 0 Å². The van der Waals surface area contributed by atoms with Crippen LogP contribution in [-0.2, 0) is 22.7 Å². The number of methoxy groups -OCH3 is 2. The van der Waals surface area contributed by atoms with Gasteiger partial charge in [-0.25, -0.2) is 9.59 Å². The van der Waals surface area contributed by atoms with E-state index >= 15 is 0 Å². The van der Waals surface area contributed by atoms with Gasteiger partial charge >= 0.3 is 11.9 Å². The summed E-state index contributed by atoms with van der Waals surface area (Å²) >= 11 is 0. The van der Waals surface area contributed by atoms with E-state index < -0.39 is 11.9 Å². The number of esters is 2. The van der Waals surface area contributed by atoms with Crippen molar-refractivity contribution in [3.05, 3.63) is 144 Å². The summed E-state index contributed by atoms with van der Waals surface area (Å²) in [7, 11) is 3.16. The summed E-state index contributed by atoms with van der Waals surface area (Å²) in [5, 5.41) is 0.927. The second-order valence-corrected chi connectivity index (χ2v) is 22.0. The molecule has 4 aromatic carbocycles. The highest BCUT2D eigenvalue weighted by Crippen LogP contribution is 2.44. The van der Waals surface area contributed by atoms with Crippen LogP contribution in [0.25, 0.3) is 44.3 Å². The molecule has 0 atom stereocenters. The first-order chi connectivity index (χ1) is 41.2. The summed E-state index contributed by atoms with van der Waals surface area (Å²) in [5.41, 5.74) is 6.18. The summed E-state index contributed by atoms with van der Waals surface area (Å²) in [6.07, 6.45) is 15.2. The van der Waals surface area contributed by atoms with E-state index in [9.17, 15) is 19.2 Å². The van der Waals surface area contributed by atoms with Gasteiger partial charge in [-0.15, -0.1) is 0 Å². The number of pyridine rings is 2. The van der Waals surface area contributed by atoms with Crippen LogP contribution >= 0.6 is 0 Å². The molecule has 8 aromatic rings. The fourth-order valence-electron chi connectivity index (χ4n) is 12.3. The lowest BCUT2D eigenvalue weighted by Crippen LogP contribution is -2.27. The van der Waals surface area contributed by atoms with E-state index in [0.717, 1.165) is 76.1 Å². The predicted octanol–water partition coefficient (Wildman–Crippen LogP) is 9.77. The van der Waals surface area contributed by atoms with Crippen LogP contribution in [0.15, 0.2) is 122 Å². The maximum absolute atomic E-state index is 14.8. The van der Waals surface area contributed by atoms with Crippen molar-refractivity contribution >= 4 is 45.6 Å². The third-order valence-electron chi connectivity index (χ3n) is 16.7. The monoisotopic (exact) mass is 1130 g/mol. The van der Waals surface area contributed by atoms with E-state index in [1.54, 1.807) is 51.1 Å². The number of hydrogen-bond donors (Lipinski definition) is 0. The molecule has 84 heavy (non-hydrogen) atoms. The maximum Gasteiger partial charge on any atom is 0.423 e. The number of nitrogens with zero attached hydrogens (tertiary/aromatic N) is 8. The summed E-state index contributed by atoms with van der Waals surface area (Å²) in [4.78, 5) is 74.2. The second kappa shape index (κ2) is 25.4. The summed E-state index contributed by atoms with van der Waals surface area (Å²) in [6.45, 7) is 10.3. The number of aromatic nitrogens is 4. The Balaban J connectivity index is 0.896. The van der Waals surface area contributed by atoms with Gasteiger partial charge in [0.05, 0.1) is 60.5 Å². The lowest BCUT2D eigenvalue weighted by Gasteiger charge is -2.18. The lowest BCUT2D eigenvalue weighted by molar-refractivity contribution is -0.156. The van der Waals surface area contributed by atoms with E-state index in [1.807, 2.05) is 104 Å². The average molecular weight is 1140 g/mol. The Kier molecular flexibility index (Phi) is 16.9. The van der Waals surface area contributed by atoms with E-state index in [4.69, 9.17) is 28.4 Å². The lowest BCUT2D eigenvalue weighted by atomic mass is 10.1. The zero-order valence-corrected chi connectivity index (χ0v) is 47.8. The van der Waals surface area contributed by atoms with Gasteiger partial charge in [0.15, 0.2) is 11.5 Å². The molecule has 0 unspecified atom stereocenters. The molecule has 2 amide bonds. The molecule has 434 valence electrons. The van der Waals surface area contributed by atoms with Crippen molar-refractivity contribution < 1.29 is 47.6 Å². The number of amides is 2. The summed E-state index contributed by atoms with van der Waals surface area (Å²) in [6, 6.07) is 29.8. The molecule has 4 aliphatic rings. The number of ether oxygens (including phenoxy) is 6. The number of carbonyl (C=O) groups excluding carboxylic acids is 4. The third-order valence-corrected chi connectivity index (χ3v) is 16.7. The molecule has 0 N–H and O–H groups in total. The quantitative estimate of drug-likeness (QED) is 0.0521. The molecule has 4 aromatic heterocycles. The third kappa shape index (κ3) is 11.9. The first-order valence-electron chi connectivity index (χ1n) is 29.4. The Morgan fingerprint density at radius 1 is 0.464 bits per heavy atom. The molecule has 0 bridgehead atoms. The normalized spacial score (nSPS) is 15.5. The van der Waals surface area contributed by atoms with Crippen molar-refractivity contribution in [2.75, 3.05) is 92.9 Å². The smallest absolute Gasteiger partial charge is 0.423 e. The van der Waals surface area contributed by atoms with E-state index in [0.29, 0.717) is 118 Å². The largest absolute Gasteiger partial charge is 0.496 e. The van der Waals surface area contributed by atoms with Crippen molar-refractivity contribution in [2.45, 2.75) is 64.5 Å². The van der Waals surface area contributed by atoms with Crippen LogP contribution in [-0.4, -0.2) is 155 Å². The number of hydrogen-bond acceptors (Lipinski definition) is 14. The average Bonchev–Trinajstić information content (AvgIpc) is 2.38. The molecule has 12 rings (SSSR count). The van der Waals surface area contributed by atoms with Crippen LogP contribution in [0.1, 0.15) is 83.2 Å². The number of benzene rings is 4. The fourth-order valence-corrected chi connectivity index (χ4v) is 12.3. The van der Waals surface area contributed by atoms with Gasteiger partial charge in [-0.3, -0.25) is 29.4 Å². The molecule has 4 saturated heterocycles.